The Kier molecular flexibility index (Phi) is 7.78. The van der Waals surface area contributed by atoms with Gasteiger partial charge in [0.25, 0.3) is 0 Å². The zero-order valence-corrected chi connectivity index (χ0v) is 9.66. The van der Waals surface area contributed by atoms with E-state index < -0.39 is 0 Å². The highest BCUT2D eigenvalue weighted by Crippen LogP contribution is 2.23. The van der Waals surface area contributed by atoms with Crippen molar-refractivity contribution in [1.82, 2.24) is 0 Å². The Morgan fingerprint density at radius 1 is 1.25 bits per heavy atom. The summed E-state index contributed by atoms with van der Waals surface area (Å²) in [5.74, 6) is 0.849. The highest BCUT2D eigenvalue weighted by atomic mass is 32.2. The summed E-state index contributed by atoms with van der Waals surface area (Å²) in [5.41, 5.74) is 0. The van der Waals surface area contributed by atoms with Crippen LogP contribution in [0.4, 0.5) is 0 Å². The van der Waals surface area contributed by atoms with Gasteiger partial charge in [0.2, 0.25) is 0 Å². The molecule has 0 aromatic carbocycles. The minimum Gasteiger partial charge on any atom is -0.161 e. The average molecular weight is 186 g/mol. The molecule has 0 saturated carbocycles. The standard InChI is InChI=1S/C11H22S/c1-5-7-8-9-11(12-4)10(3)6-2/h7-8,10-11H,5-6,9H2,1-4H3/b8-7+. The third-order valence-electron chi connectivity index (χ3n) is 2.35. The summed E-state index contributed by atoms with van der Waals surface area (Å²) in [7, 11) is 0. The van der Waals surface area contributed by atoms with E-state index in [4.69, 9.17) is 0 Å². The molecule has 2 atom stereocenters. The topological polar surface area (TPSA) is 0 Å². The van der Waals surface area contributed by atoms with Crippen LogP contribution < -0.4 is 0 Å². The number of hydrogen-bond acceptors (Lipinski definition) is 1. The average Bonchev–Trinajstić information content (AvgIpc) is 2.11. The van der Waals surface area contributed by atoms with E-state index in [0.29, 0.717) is 0 Å². The van der Waals surface area contributed by atoms with Crippen LogP contribution in [0.25, 0.3) is 0 Å². The second-order valence-corrected chi connectivity index (χ2v) is 4.35. The molecule has 0 bridgehead atoms. The summed E-state index contributed by atoms with van der Waals surface area (Å²) >= 11 is 2.00. The SMILES string of the molecule is CC/C=C/CC(SC)C(C)CC. The Bertz CT molecular complexity index is 118. The first-order chi connectivity index (χ1) is 5.76. The van der Waals surface area contributed by atoms with Gasteiger partial charge in [-0.3, -0.25) is 0 Å². The second-order valence-electron chi connectivity index (χ2n) is 3.28. The van der Waals surface area contributed by atoms with Crippen molar-refractivity contribution < 1.29 is 0 Å². The first kappa shape index (κ1) is 12.1. The van der Waals surface area contributed by atoms with Gasteiger partial charge in [-0.25, -0.2) is 0 Å². The molecule has 2 unspecified atom stereocenters. The normalized spacial score (nSPS) is 16.7. The molecule has 0 aliphatic carbocycles. The summed E-state index contributed by atoms with van der Waals surface area (Å²) in [6.45, 7) is 6.81. The molecule has 0 N–H and O–H groups in total. The van der Waals surface area contributed by atoms with Gasteiger partial charge in [-0.15, -0.1) is 0 Å². The van der Waals surface area contributed by atoms with Gasteiger partial charge in [-0.2, -0.15) is 11.8 Å². The quantitative estimate of drug-likeness (QED) is 0.562. The van der Waals surface area contributed by atoms with Crippen LogP contribution in [0.15, 0.2) is 12.2 Å². The van der Waals surface area contributed by atoms with E-state index in [9.17, 15) is 0 Å². The van der Waals surface area contributed by atoms with E-state index in [0.717, 1.165) is 11.2 Å². The summed E-state index contributed by atoms with van der Waals surface area (Å²) < 4.78 is 0. The molecule has 0 rings (SSSR count). The first-order valence-corrected chi connectivity index (χ1v) is 6.22. The van der Waals surface area contributed by atoms with Gasteiger partial charge in [0, 0.05) is 5.25 Å². The number of rotatable bonds is 6. The molecule has 0 radical (unpaired) electrons. The molecule has 12 heavy (non-hydrogen) atoms. The molecule has 0 amide bonds. The maximum atomic E-state index is 2.35. The molecule has 1 heteroatoms. The van der Waals surface area contributed by atoms with Crippen LogP contribution in [0.1, 0.15) is 40.0 Å². The molecule has 72 valence electrons. The fourth-order valence-corrected chi connectivity index (χ4v) is 2.18. The third kappa shape index (κ3) is 4.87. The molecule has 0 spiro atoms. The minimum absolute atomic E-state index is 0.817. The van der Waals surface area contributed by atoms with E-state index in [-0.39, 0.29) is 0 Å². The minimum atomic E-state index is 0.817. The van der Waals surface area contributed by atoms with Crippen molar-refractivity contribution in [1.29, 1.82) is 0 Å². The Labute approximate surface area is 81.8 Å². The molecule has 0 nitrogen and oxygen atoms in total. The van der Waals surface area contributed by atoms with Crippen molar-refractivity contribution in [3.8, 4) is 0 Å². The van der Waals surface area contributed by atoms with Crippen LogP contribution in [0.5, 0.6) is 0 Å². The van der Waals surface area contributed by atoms with Crippen LogP contribution in [-0.2, 0) is 0 Å². The molecule has 0 aromatic heterocycles. The van der Waals surface area contributed by atoms with Crippen LogP contribution >= 0.6 is 11.8 Å². The van der Waals surface area contributed by atoms with Gasteiger partial charge < -0.3 is 0 Å². The highest BCUT2D eigenvalue weighted by Gasteiger charge is 2.11. The molecule has 0 aromatic rings. The van der Waals surface area contributed by atoms with Crippen molar-refractivity contribution in [2.75, 3.05) is 6.26 Å². The lowest BCUT2D eigenvalue weighted by Crippen LogP contribution is -2.11. The zero-order chi connectivity index (χ0) is 9.40. The predicted octanol–water partition coefficient (Wildman–Crippen LogP) is 4.12. The largest absolute Gasteiger partial charge is 0.161 e. The van der Waals surface area contributed by atoms with Gasteiger partial charge in [0.1, 0.15) is 0 Å². The highest BCUT2D eigenvalue weighted by molar-refractivity contribution is 7.99. The summed E-state index contributed by atoms with van der Waals surface area (Å²) in [4.78, 5) is 0. The van der Waals surface area contributed by atoms with E-state index in [2.05, 4.69) is 39.2 Å². The molecule has 0 heterocycles. The summed E-state index contributed by atoms with van der Waals surface area (Å²) in [5, 5.41) is 0.817. The van der Waals surface area contributed by atoms with Gasteiger partial charge in [-0.05, 0) is 25.0 Å². The van der Waals surface area contributed by atoms with Crippen molar-refractivity contribution in [3.05, 3.63) is 12.2 Å². The molecular formula is C11H22S. The number of hydrogen-bond donors (Lipinski definition) is 0. The molecule has 0 saturated heterocycles. The lowest BCUT2D eigenvalue weighted by atomic mass is 10.0. The van der Waals surface area contributed by atoms with E-state index in [1.54, 1.807) is 0 Å². The van der Waals surface area contributed by atoms with Gasteiger partial charge in [0.05, 0.1) is 0 Å². The summed E-state index contributed by atoms with van der Waals surface area (Å²) in [6.07, 6.45) is 10.5. The smallest absolute Gasteiger partial charge is 0.0104 e. The Morgan fingerprint density at radius 2 is 1.92 bits per heavy atom. The maximum absolute atomic E-state index is 2.35. The van der Waals surface area contributed by atoms with Crippen LogP contribution in [0, 0.1) is 5.92 Å². The van der Waals surface area contributed by atoms with E-state index in [1.807, 2.05) is 11.8 Å². The van der Waals surface area contributed by atoms with Gasteiger partial charge in [-0.1, -0.05) is 39.3 Å². The van der Waals surface area contributed by atoms with Crippen molar-refractivity contribution >= 4 is 11.8 Å². The van der Waals surface area contributed by atoms with Crippen LogP contribution in [-0.4, -0.2) is 11.5 Å². The number of thioether (sulfide) groups is 1. The van der Waals surface area contributed by atoms with Gasteiger partial charge >= 0.3 is 0 Å². The monoisotopic (exact) mass is 186 g/mol. The third-order valence-corrected chi connectivity index (χ3v) is 3.61. The lowest BCUT2D eigenvalue weighted by Gasteiger charge is -2.18. The van der Waals surface area contributed by atoms with E-state index in [1.165, 1.54) is 19.3 Å². The molecule has 0 aliphatic heterocycles. The fraction of sp³-hybridized carbons (Fsp3) is 0.818. The van der Waals surface area contributed by atoms with Crippen molar-refractivity contribution in [2.24, 2.45) is 5.92 Å². The van der Waals surface area contributed by atoms with Crippen LogP contribution in [0.2, 0.25) is 0 Å². The van der Waals surface area contributed by atoms with Crippen molar-refractivity contribution in [3.63, 3.8) is 0 Å². The fourth-order valence-electron chi connectivity index (χ4n) is 1.22. The lowest BCUT2D eigenvalue weighted by molar-refractivity contribution is 0.537. The predicted molar refractivity (Wildman–Crippen MR) is 60.8 cm³/mol. The van der Waals surface area contributed by atoms with Gasteiger partial charge in [0.15, 0.2) is 0 Å². The second kappa shape index (κ2) is 7.72. The Balaban J connectivity index is 3.74. The first-order valence-electron chi connectivity index (χ1n) is 4.94. The Morgan fingerprint density at radius 3 is 2.33 bits per heavy atom. The number of allylic oxidation sites excluding steroid dienone is 2. The molecule has 0 fully saturated rings. The maximum Gasteiger partial charge on any atom is 0.0104 e. The van der Waals surface area contributed by atoms with Crippen molar-refractivity contribution in [2.45, 2.75) is 45.3 Å². The Hall–Kier alpha value is 0.0900. The zero-order valence-electron chi connectivity index (χ0n) is 8.84. The summed E-state index contributed by atoms with van der Waals surface area (Å²) in [6, 6.07) is 0. The molecular weight excluding hydrogens is 164 g/mol. The van der Waals surface area contributed by atoms with E-state index >= 15 is 0 Å². The molecule has 0 aliphatic rings. The van der Waals surface area contributed by atoms with Crippen LogP contribution in [0.3, 0.4) is 0 Å².